The summed E-state index contributed by atoms with van der Waals surface area (Å²) in [4.78, 5) is 0. The third kappa shape index (κ3) is 5.35. The van der Waals surface area contributed by atoms with Crippen LogP contribution >= 0.6 is 0 Å². The minimum absolute atomic E-state index is 0.0206. The molecule has 3 rings (SSSR count). The molecule has 0 amide bonds. The van der Waals surface area contributed by atoms with Crippen molar-refractivity contribution < 1.29 is 14.6 Å². The molecule has 2 unspecified atom stereocenters. The molecule has 0 saturated heterocycles. The second kappa shape index (κ2) is 9.24. The summed E-state index contributed by atoms with van der Waals surface area (Å²) in [5.41, 5.74) is 3.23. The Bertz CT molecular complexity index is 829. The molecule has 0 heterocycles. The fourth-order valence-corrected chi connectivity index (χ4v) is 2.79. The number of ether oxygens (including phenoxy) is 2. The summed E-state index contributed by atoms with van der Waals surface area (Å²) in [7, 11) is 0. The molecule has 0 aromatic heterocycles. The van der Waals surface area contributed by atoms with Gasteiger partial charge in [0.2, 0.25) is 0 Å². The van der Waals surface area contributed by atoms with Gasteiger partial charge in [-0.15, -0.1) is 0 Å². The van der Waals surface area contributed by atoms with Crippen molar-refractivity contribution in [1.82, 2.24) is 0 Å². The molecule has 3 nitrogen and oxygen atoms in total. The normalized spacial score (nSPS) is 13.0. The lowest BCUT2D eigenvalue weighted by Crippen LogP contribution is -2.11. The van der Waals surface area contributed by atoms with E-state index in [9.17, 15) is 5.11 Å². The molecule has 3 aromatic rings. The van der Waals surface area contributed by atoms with Crippen LogP contribution in [-0.4, -0.2) is 11.2 Å². The van der Waals surface area contributed by atoms with E-state index in [0.29, 0.717) is 24.7 Å². The van der Waals surface area contributed by atoms with E-state index in [1.54, 1.807) is 6.92 Å². The molecule has 140 valence electrons. The first-order valence-corrected chi connectivity index (χ1v) is 9.29. The molecule has 0 radical (unpaired) electrons. The predicted molar refractivity (Wildman–Crippen MR) is 108 cm³/mol. The molecule has 2 atom stereocenters. The van der Waals surface area contributed by atoms with Crippen LogP contribution in [0.25, 0.3) is 0 Å². The number of benzene rings is 3. The van der Waals surface area contributed by atoms with Crippen LogP contribution in [0.2, 0.25) is 0 Å². The van der Waals surface area contributed by atoms with Crippen molar-refractivity contribution in [2.24, 2.45) is 0 Å². The molecule has 0 saturated carbocycles. The van der Waals surface area contributed by atoms with Crippen LogP contribution in [0.1, 0.15) is 36.5 Å². The first-order valence-electron chi connectivity index (χ1n) is 9.29. The minimum Gasteiger partial charge on any atom is -0.485 e. The minimum atomic E-state index is -0.428. The smallest absolute Gasteiger partial charge is 0.161 e. The van der Waals surface area contributed by atoms with Crippen molar-refractivity contribution in [2.45, 2.75) is 39.1 Å². The van der Waals surface area contributed by atoms with Gasteiger partial charge in [0.15, 0.2) is 11.5 Å². The molecule has 0 fully saturated rings. The van der Waals surface area contributed by atoms with E-state index in [-0.39, 0.29) is 5.92 Å². The average Bonchev–Trinajstić information content (AvgIpc) is 2.72. The Morgan fingerprint density at radius 1 is 0.704 bits per heavy atom. The molecule has 0 aliphatic rings. The first-order chi connectivity index (χ1) is 13.1. The van der Waals surface area contributed by atoms with E-state index in [4.69, 9.17) is 9.47 Å². The highest BCUT2D eigenvalue weighted by atomic mass is 16.5. The SMILES string of the molecule is CC(O)C(C)c1ccc(OCc2ccccc2)c(OCc2ccccc2)c1. The molecule has 0 spiro atoms. The van der Waals surface area contributed by atoms with Crippen molar-refractivity contribution in [1.29, 1.82) is 0 Å². The topological polar surface area (TPSA) is 38.7 Å². The Hall–Kier alpha value is -2.78. The van der Waals surface area contributed by atoms with E-state index in [2.05, 4.69) is 0 Å². The highest BCUT2D eigenvalue weighted by Gasteiger charge is 2.15. The maximum absolute atomic E-state index is 9.92. The lowest BCUT2D eigenvalue weighted by Gasteiger charge is -2.19. The van der Waals surface area contributed by atoms with Crippen molar-refractivity contribution >= 4 is 0 Å². The number of aliphatic hydroxyl groups is 1. The Balaban J connectivity index is 1.79. The van der Waals surface area contributed by atoms with Crippen molar-refractivity contribution in [3.05, 3.63) is 95.6 Å². The molecule has 3 heteroatoms. The van der Waals surface area contributed by atoms with Crippen LogP contribution in [0, 0.1) is 0 Å². The predicted octanol–water partition coefficient (Wildman–Crippen LogP) is 5.33. The Labute approximate surface area is 161 Å². The number of hydrogen-bond donors (Lipinski definition) is 1. The molecule has 0 aliphatic carbocycles. The van der Waals surface area contributed by atoms with Gasteiger partial charge in [0.25, 0.3) is 0 Å². The van der Waals surface area contributed by atoms with Gasteiger partial charge in [0.1, 0.15) is 13.2 Å². The summed E-state index contributed by atoms with van der Waals surface area (Å²) in [5.74, 6) is 1.42. The quantitative estimate of drug-likeness (QED) is 0.589. The largest absolute Gasteiger partial charge is 0.485 e. The summed E-state index contributed by atoms with van der Waals surface area (Å²) < 4.78 is 12.1. The zero-order valence-corrected chi connectivity index (χ0v) is 15.8. The standard InChI is InChI=1S/C24H26O3/c1-18(19(2)25)22-13-14-23(26-16-20-9-5-3-6-10-20)24(15-22)27-17-21-11-7-4-8-12-21/h3-15,18-19,25H,16-17H2,1-2H3. The first kappa shape index (κ1) is 19.0. The molecular weight excluding hydrogens is 336 g/mol. The summed E-state index contributed by atoms with van der Waals surface area (Å²) in [6.45, 7) is 4.75. The van der Waals surface area contributed by atoms with E-state index in [0.717, 1.165) is 16.7 Å². The zero-order valence-electron chi connectivity index (χ0n) is 15.8. The van der Waals surface area contributed by atoms with Crippen molar-refractivity contribution in [2.75, 3.05) is 0 Å². The average molecular weight is 362 g/mol. The van der Waals surface area contributed by atoms with Gasteiger partial charge in [-0.25, -0.2) is 0 Å². The fourth-order valence-electron chi connectivity index (χ4n) is 2.79. The number of rotatable bonds is 8. The van der Waals surface area contributed by atoms with Crippen LogP contribution in [0.4, 0.5) is 0 Å². The van der Waals surface area contributed by atoms with Gasteiger partial charge in [0.05, 0.1) is 6.10 Å². The highest BCUT2D eigenvalue weighted by Crippen LogP contribution is 2.33. The Kier molecular flexibility index (Phi) is 6.50. The van der Waals surface area contributed by atoms with Crippen molar-refractivity contribution in [3.8, 4) is 11.5 Å². The van der Waals surface area contributed by atoms with E-state index in [1.165, 1.54) is 0 Å². The molecule has 27 heavy (non-hydrogen) atoms. The van der Waals surface area contributed by atoms with Crippen LogP contribution in [-0.2, 0) is 13.2 Å². The van der Waals surface area contributed by atoms with Crippen LogP contribution in [0.3, 0.4) is 0 Å². The van der Waals surface area contributed by atoms with Gasteiger partial charge in [-0.05, 0) is 35.7 Å². The number of aliphatic hydroxyl groups excluding tert-OH is 1. The third-order valence-electron chi connectivity index (χ3n) is 4.69. The highest BCUT2D eigenvalue weighted by molar-refractivity contribution is 5.44. The van der Waals surface area contributed by atoms with Gasteiger partial charge in [-0.2, -0.15) is 0 Å². The third-order valence-corrected chi connectivity index (χ3v) is 4.69. The second-order valence-electron chi connectivity index (χ2n) is 6.78. The van der Waals surface area contributed by atoms with Crippen LogP contribution < -0.4 is 9.47 Å². The van der Waals surface area contributed by atoms with Gasteiger partial charge in [-0.3, -0.25) is 0 Å². The molecular formula is C24H26O3. The fraction of sp³-hybridized carbons (Fsp3) is 0.250. The summed E-state index contributed by atoms with van der Waals surface area (Å²) >= 11 is 0. The maximum Gasteiger partial charge on any atom is 0.161 e. The molecule has 0 aliphatic heterocycles. The van der Waals surface area contributed by atoms with Gasteiger partial charge < -0.3 is 14.6 Å². The van der Waals surface area contributed by atoms with E-state index in [1.807, 2.05) is 85.8 Å². The molecule has 3 aromatic carbocycles. The lowest BCUT2D eigenvalue weighted by atomic mass is 9.96. The Morgan fingerprint density at radius 2 is 1.22 bits per heavy atom. The monoisotopic (exact) mass is 362 g/mol. The maximum atomic E-state index is 9.92. The summed E-state index contributed by atoms with van der Waals surface area (Å²) in [6.07, 6.45) is -0.428. The summed E-state index contributed by atoms with van der Waals surface area (Å²) in [5, 5.41) is 9.92. The van der Waals surface area contributed by atoms with Gasteiger partial charge >= 0.3 is 0 Å². The zero-order chi connectivity index (χ0) is 19.1. The van der Waals surface area contributed by atoms with Gasteiger partial charge in [-0.1, -0.05) is 73.7 Å². The van der Waals surface area contributed by atoms with E-state index >= 15 is 0 Å². The second-order valence-corrected chi connectivity index (χ2v) is 6.78. The van der Waals surface area contributed by atoms with Gasteiger partial charge in [0, 0.05) is 5.92 Å². The molecule has 1 N–H and O–H groups in total. The lowest BCUT2D eigenvalue weighted by molar-refractivity contribution is 0.168. The van der Waals surface area contributed by atoms with Crippen molar-refractivity contribution in [3.63, 3.8) is 0 Å². The summed E-state index contributed by atoms with van der Waals surface area (Å²) in [6, 6.07) is 26.0. The van der Waals surface area contributed by atoms with Crippen LogP contribution in [0.15, 0.2) is 78.9 Å². The van der Waals surface area contributed by atoms with E-state index < -0.39 is 6.10 Å². The Morgan fingerprint density at radius 3 is 1.74 bits per heavy atom. The molecule has 0 bridgehead atoms. The van der Waals surface area contributed by atoms with Crippen LogP contribution in [0.5, 0.6) is 11.5 Å². The number of hydrogen-bond acceptors (Lipinski definition) is 3.